The van der Waals surface area contributed by atoms with E-state index in [4.69, 9.17) is 4.74 Å². The maximum absolute atomic E-state index is 12.0. The molecule has 1 aromatic rings. The van der Waals surface area contributed by atoms with Crippen molar-refractivity contribution in [3.05, 3.63) is 48.6 Å². The Hall–Kier alpha value is -1.65. The van der Waals surface area contributed by atoms with Crippen molar-refractivity contribution in [3.8, 4) is 0 Å². The van der Waals surface area contributed by atoms with Crippen molar-refractivity contribution in [2.24, 2.45) is 0 Å². The van der Waals surface area contributed by atoms with Crippen molar-refractivity contribution >= 4 is 5.91 Å². The van der Waals surface area contributed by atoms with Gasteiger partial charge < -0.3 is 14.7 Å². The lowest BCUT2D eigenvalue weighted by molar-refractivity contribution is -0.176. The largest absolute Gasteiger partial charge is 0.394 e. The molecule has 1 heterocycles. The molecule has 2 rings (SSSR count). The van der Waals surface area contributed by atoms with E-state index in [2.05, 4.69) is 6.58 Å². The summed E-state index contributed by atoms with van der Waals surface area (Å²) in [5.74, 6) is -0.184. The van der Waals surface area contributed by atoms with E-state index < -0.39 is 5.54 Å². The number of aliphatic hydroxyl groups excluding tert-OH is 1. The summed E-state index contributed by atoms with van der Waals surface area (Å²) in [6.45, 7) is 4.61. The van der Waals surface area contributed by atoms with Gasteiger partial charge in [0.1, 0.15) is 5.54 Å². The van der Waals surface area contributed by atoms with Crippen LogP contribution < -0.4 is 0 Å². The Morgan fingerprint density at radius 3 is 2.56 bits per heavy atom. The molecular weight excluding hydrogens is 230 g/mol. The van der Waals surface area contributed by atoms with E-state index in [0.717, 1.165) is 5.56 Å². The van der Waals surface area contributed by atoms with Crippen molar-refractivity contribution in [1.82, 2.24) is 4.90 Å². The Kier molecular flexibility index (Phi) is 3.79. The number of hydrogen-bond acceptors (Lipinski definition) is 3. The number of ether oxygens (including phenoxy) is 1. The van der Waals surface area contributed by atoms with E-state index in [1.807, 2.05) is 30.3 Å². The fourth-order valence-electron chi connectivity index (χ4n) is 2.03. The number of carbonyl (C=O) groups excluding carboxylic acids is 1. The molecular formula is C14H17NO3. The smallest absolute Gasteiger partial charge is 0.246 e. The first-order valence-electron chi connectivity index (χ1n) is 5.88. The van der Waals surface area contributed by atoms with Crippen LogP contribution in [0.5, 0.6) is 0 Å². The molecule has 0 unspecified atom stereocenters. The molecule has 0 radical (unpaired) electrons. The summed E-state index contributed by atoms with van der Waals surface area (Å²) in [4.78, 5) is 13.6. The summed E-state index contributed by atoms with van der Waals surface area (Å²) < 4.78 is 5.15. The molecule has 1 fully saturated rings. The normalized spacial score (nSPS) is 16.7. The van der Waals surface area contributed by atoms with Crippen LogP contribution in [0.1, 0.15) is 5.56 Å². The lowest BCUT2D eigenvalue weighted by Gasteiger charge is -2.48. The molecule has 1 aliphatic heterocycles. The zero-order valence-electron chi connectivity index (χ0n) is 10.2. The Balaban J connectivity index is 2.21. The quantitative estimate of drug-likeness (QED) is 0.789. The number of nitrogens with zero attached hydrogens (tertiary/aromatic N) is 1. The fourth-order valence-corrected chi connectivity index (χ4v) is 2.03. The topological polar surface area (TPSA) is 49.8 Å². The van der Waals surface area contributed by atoms with Gasteiger partial charge in [-0.15, -0.1) is 0 Å². The lowest BCUT2D eigenvalue weighted by Crippen LogP contribution is -2.65. The average Bonchev–Trinajstić information content (AvgIpc) is 2.37. The second-order valence-electron chi connectivity index (χ2n) is 4.49. The van der Waals surface area contributed by atoms with Crippen LogP contribution in [0.3, 0.4) is 0 Å². The monoisotopic (exact) mass is 247 g/mol. The van der Waals surface area contributed by atoms with Crippen LogP contribution in [0.2, 0.25) is 0 Å². The third kappa shape index (κ3) is 2.30. The molecule has 0 bridgehead atoms. The first-order chi connectivity index (χ1) is 8.72. The van der Waals surface area contributed by atoms with Crippen LogP contribution in [0.15, 0.2) is 43.0 Å². The van der Waals surface area contributed by atoms with E-state index >= 15 is 0 Å². The average molecular weight is 247 g/mol. The minimum absolute atomic E-state index is 0.0978. The van der Waals surface area contributed by atoms with Crippen molar-refractivity contribution in [2.45, 2.75) is 12.1 Å². The van der Waals surface area contributed by atoms with E-state index in [-0.39, 0.29) is 12.5 Å². The molecule has 0 saturated carbocycles. The van der Waals surface area contributed by atoms with Gasteiger partial charge in [0, 0.05) is 6.54 Å². The van der Waals surface area contributed by atoms with E-state index in [1.54, 1.807) is 4.90 Å². The van der Waals surface area contributed by atoms with Gasteiger partial charge in [0.05, 0.1) is 19.8 Å². The van der Waals surface area contributed by atoms with Crippen LogP contribution in [-0.4, -0.2) is 41.3 Å². The molecule has 4 heteroatoms. The number of hydrogen-bond donors (Lipinski definition) is 1. The number of amides is 1. The van der Waals surface area contributed by atoms with Crippen LogP contribution in [0, 0.1) is 0 Å². The minimum Gasteiger partial charge on any atom is -0.394 e. The molecule has 1 N–H and O–H groups in total. The zero-order chi connectivity index (χ0) is 13.0. The van der Waals surface area contributed by atoms with Crippen molar-refractivity contribution < 1.29 is 14.6 Å². The highest BCUT2D eigenvalue weighted by atomic mass is 16.5. The molecule has 0 spiro atoms. The van der Waals surface area contributed by atoms with Gasteiger partial charge in [-0.3, -0.25) is 4.79 Å². The van der Waals surface area contributed by atoms with E-state index in [0.29, 0.717) is 19.8 Å². The maximum Gasteiger partial charge on any atom is 0.246 e. The van der Waals surface area contributed by atoms with Gasteiger partial charge in [0.25, 0.3) is 0 Å². The highest BCUT2D eigenvalue weighted by molar-refractivity contribution is 5.87. The van der Waals surface area contributed by atoms with Gasteiger partial charge >= 0.3 is 0 Å². The van der Waals surface area contributed by atoms with Crippen LogP contribution in [-0.2, 0) is 16.1 Å². The first-order valence-corrected chi connectivity index (χ1v) is 5.88. The van der Waals surface area contributed by atoms with Gasteiger partial charge in [-0.05, 0) is 11.6 Å². The number of aliphatic hydroxyl groups is 1. The van der Waals surface area contributed by atoms with Gasteiger partial charge in [-0.2, -0.15) is 0 Å². The molecule has 96 valence electrons. The molecule has 0 aliphatic carbocycles. The lowest BCUT2D eigenvalue weighted by atomic mass is 9.95. The summed E-state index contributed by atoms with van der Waals surface area (Å²) in [5, 5.41) is 9.52. The molecule has 0 aromatic heterocycles. The Morgan fingerprint density at radius 1 is 1.44 bits per heavy atom. The van der Waals surface area contributed by atoms with E-state index in [9.17, 15) is 9.90 Å². The Labute approximate surface area is 106 Å². The third-order valence-electron chi connectivity index (χ3n) is 3.23. The predicted molar refractivity (Wildman–Crippen MR) is 67.8 cm³/mol. The Morgan fingerprint density at radius 2 is 2.11 bits per heavy atom. The SMILES string of the molecule is C=CC(=O)N(Cc1ccccc1)C1(CO)COC1. The molecule has 4 nitrogen and oxygen atoms in total. The molecule has 1 aliphatic rings. The summed E-state index contributed by atoms with van der Waals surface area (Å²) >= 11 is 0. The maximum atomic E-state index is 12.0. The summed E-state index contributed by atoms with van der Waals surface area (Å²) in [5.41, 5.74) is 0.425. The second kappa shape index (κ2) is 5.33. The highest BCUT2D eigenvalue weighted by Gasteiger charge is 2.45. The van der Waals surface area contributed by atoms with Crippen molar-refractivity contribution in [1.29, 1.82) is 0 Å². The zero-order valence-corrected chi connectivity index (χ0v) is 10.2. The van der Waals surface area contributed by atoms with Gasteiger partial charge in [-0.1, -0.05) is 36.9 Å². The van der Waals surface area contributed by atoms with Crippen LogP contribution in [0.4, 0.5) is 0 Å². The molecule has 1 aromatic carbocycles. The van der Waals surface area contributed by atoms with Gasteiger partial charge in [0.15, 0.2) is 0 Å². The van der Waals surface area contributed by atoms with E-state index in [1.165, 1.54) is 6.08 Å². The highest BCUT2D eigenvalue weighted by Crippen LogP contribution is 2.27. The second-order valence-corrected chi connectivity index (χ2v) is 4.49. The minimum atomic E-state index is -0.596. The van der Waals surface area contributed by atoms with Gasteiger partial charge in [-0.25, -0.2) is 0 Å². The molecule has 1 amide bonds. The first kappa shape index (κ1) is 12.8. The Bertz CT molecular complexity index is 420. The van der Waals surface area contributed by atoms with Crippen LogP contribution in [0.25, 0.3) is 0 Å². The van der Waals surface area contributed by atoms with Gasteiger partial charge in [0.2, 0.25) is 5.91 Å². The van der Waals surface area contributed by atoms with Crippen molar-refractivity contribution in [3.63, 3.8) is 0 Å². The molecule has 1 saturated heterocycles. The third-order valence-corrected chi connectivity index (χ3v) is 3.23. The molecule has 0 atom stereocenters. The summed E-state index contributed by atoms with van der Waals surface area (Å²) in [6.07, 6.45) is 1.28. The molecule has 18 heavy (non-hydrogen) atoms. The number of carbonyl (C=O) groups is 1. The summed E-state index contributed by atoms with van der Waals surface area (Å²) in [6, 6.07) is 9.68. The summed E-state index contributed by atoms with van der Waals surface area (Å²) in [7, 11) is 0. The standard InChI is InChI=1S/C14H17NO3/c1-2-13(17)15(14(9-16)10-18-11-14)8-12-6-4-3-5-7-12/h2-7,16H,1,8-11H2. The predicted octanol–water partition coefficient (Wildman–Crippen LogP) is 0.962. The fraction of sp³-hybridized carbons (Fsp3) is 0.357. The van der Waals surface area contributed by atoms with Crippen LogP contribution >= 0.6 is 0 Å². The number of rotatable bonds is 5. The number of benzene rings is 1. The van der Waals surface area contributed by atoms with Crippen molar-refractivity contribution in [2.75, 3.05) is 19.8 Å².